The van der Waals surface area contributed by atoms with Gasteiger partial charge in [0.1, 0.15) is 5.69 Å². The van der Waals surface area contributed by atoms with Crippen LogP contribution in [0.4, 0.5) is 8.78 Å². The SMILES string of the molecule is CC(C)Cn1ncc(C(=O)NCC(O)C(C)(C)C)c1C(F)F. The molecule has 1 amide bonds. The van der Waals surface area contributed by atoms with Crippen LogP contribution in [0.3, 0.4) is 0 Å². The molecule has 0 saturated carbocycles. The van der Waals surface area contributed by atoms with Gasteiger partial charge >= 0.3 is 0 Å². The third-order valence-electron chi connectivity index (χ3n) is 3.33. The summed E-state index contributed by atoms with van der Waals surface area (Å²) in [6, 6.07) is 0. The molecule has 0 fully saturated rings. The van der Waals surface area contributed by atoms with Crippen molar-refractivity contribution < 1.29 is 18.7 Å². The first-order chi connectivity index (χ1) is 10.0. The lowest BCUT2D eigenvalue weighted by atomic mass is 9.89. The first-order valence-corrected chi connectivity index (χ1v) is 7.34. The van der Waals surface area contributed by atoms with Gasteiger partial charge < -0.3 is 10.4 Å². The van der Waals surface area contributed by atoms with Gasteiger partial charge in [-0.15, -0.1) is 0 Å². The summed E-state index contributed by atoms with van der Waals surface area (Å²) >= 11 is 0. The molecule has 0 aliphatic rings. The lowest BCUT2D eigenvalue weighted by molar-refractivity contribution is 0.0584. The zero-order chi connectivity index (χ0) is 17.1. The van der Waals surface area contributed by atoms with E-state index in [4.69, 9.17) is 0 Å². The number of halogens is 2. The highest BCUT2D eigenvalue weighted by molar-refractivity contribution is 5.95. The molecule has 5 nitrogen and oxygen atoms in total. The summed E-state index contributed by atoms with van der Waals surface area (Å²) in [5.41, 5.74) is -0.922. The van der Waals surface area contributed by atoms with Crippen molar-refractivity contribution in [3.8, 4) is 0 Å². The normalized spacial score (nSPS) is 13.7. The lowest BCUT2D eigenvalue weighted by Crippen LogP contribution is -2.39. The number of nitrogens with one attached hydrogen (secondary N) is 1. The van der Waals surface area contributed by atoms with Crippen LogP contribution in [0, 0.1) is 11.3 Å². The molecule has 7 heteroatoms. The Hall–Kier alpha value is -1.50. The fourth-order valence-electron chi connectivity index (χ4n) is 1.88. The smallest absolute Gasteiger partial charge is 0.280 e. The van der Waals surface area contributed by atoms with Crippen molar-refractivity contribution >= 4 is 5.91 Å². The predicted octanol–water partition coefficient (Wildman–Crippen LogP) is 2.61. The standard InChI is InChI=1S/C15H25F2N3O2/c1-9(2)8-20-12(13(16)17)10(6-19-20)14(22)18-7-11(21)15(3,4)5/h6,9,11,13,21H,7-8H2,1-5H3,(H,18,22). The van der Waals surface area contributed by atoms with Crippen molar-refractivity contribution in [2.45, 2.75) is 53.7 Å². The summed E-state index contributed by atoms with van der Waals surface area (Å²) in [5.74, 6) is -0.510. The average Bonchev–Trinajstić information content (AvgIpc) is 2.77. The van der Waals surface area contributed by atoms with Crippen molar-refractivity contribution in [3.63, 3.8) is 0 Å². The molecule has 1 rings (SSSR count). The van der Waals surface area contributed by atoms with E-state index in [1.165, 1.54) is 4.68 Å². The van der Waals surface area contributed by atoms with Gasteiger partial charge in [0.15, 0.2) is 0 Å². The Morgan fingerprint density at radius 1 is 1.41 bits per heavy atom. The zero-order valence-electron chi connectivity index (χ0n) is 13.7. The number of aromatic nitrogens is 2. The van der Waals surface area contributed by atoms with Crippen molar-refractivity contribution in [2.24, 2.45) is 11.3 Å². The Labute approximate surface area is 129 Å². The summed E-state index contributed by atoms with van der Waals surface area (Å²) in [5, 5.41) is 16.3. The number of carbonyl (C=O) groups excluding carboxylic acids is 1. The van der Waals surface area contributed by atoms with Crippen LogP contribution in [0.5, 0.6) is 0 Å². The van der Waals surface area contributed by atoms with Crippen LogP contribution in [0.2, 0.25) is 0 Å². The molecule has 0 aliphatic heterocycles. The van der Waals surface area contributed by atoms with Crippen LogP contribution in [0.1, 0.15) is 57.1 Å². The van der Waals surface area contributed by atoms with E-state index in [1.54, 1.807) is 0 Å². The Morgan fingerprint density at radius 3 is 2.45 bits per heavy atom. The van der Waals surface area contributed by atoms with E-state index in [9.17, 15) is 18.7 Å². The fraction of sp³-hybridized carbons (Fsp3) is 0.733. The average molecular weight is 317 g/mol. The van der Waals surface area contributed by atoms with Crippen molar-refractivity contribution in [1.82, 2.24) is 15.1 Å². The number of aliphatic hydroxyl groups is 1. The van der Waals surface area contributed by atoms with Crippen molar-refractivity contribution in [3.05, 3.63) is 17.5 Å². The topological polar surface area (TPSA) is 67.2 Å². The lowest BCUT2D eigenvalue weighted by Gasteiger charge is -2.25. The molecule has 22 heavy (non-hydrogen) atoms. The zero-order valence-corrected chi connectivity index (χ0v) is 13.7. The summed E-state index contributed by atoms with van der Waals surface area (Å²) in [6.07, 6.45) is -2.39. The number of rotatable bonds is 6. The number of hydrogen-bond donors (Lipinski definition) is 2. The van der Waals surface area contributed by atoms with Gasteiger partial charge in [-0.25, -0.2) is 8.78 Å². The Bertz CT molecular complexity index is 507. The third-order valence-corrected chi connectivity index (χ3v) is 3.33. The van der Waals surface area contributed by atoms with Gasteiger partial charge in [-0.05, 0) is 11.3 Å². The number of carbonyl (C=O) groups is 1. The third kappa shape index (κ3) is 4.76. The summed E-state index contributed by atoms with van der Waals surface area (Å²) in [4.78, 5) is 12.1. The molecule has 1 aromatic rings. The highest BCUT2D eigenvalue weighted by Gasteiger charge is 2.27. The highest BCUT2D eigenvalue weighted by atomic mass is 19.3. The van der Waals surface area contributed by atoms with Crippen LogP contribution >= 0.6 is 0 Å². The molecule has 126 valence electrons. The van der Waals surface area contributed by atoms with Crippen LogP contribution in [-0.2, 0) is 6.54 Å². The van der Waals surface area contributed by atoms with Gasteiger partial charge in [0.05, 0.1) is 17.9 Å². The second-order valence-corrected chi connectivity index (χ2v) is 6.91. The summed E-state index contributed by atoms with van der Waals surface area (Å²) in [7, 11) is 0. The Morgan fingerprint density at radius 2 is 2.00 bits per heavy atom. The second kappa shape index (κ2) is 7.17. The van der Waals surface area contributed by atoms with Gasteiger partial charge in [0.25, 0.3) is 12.3 Å². The minimum Gasteiger partial charge on any atom is -0.391 e. The molecule has 1 aromatic heterocycles. The minimum absolute atomic E-state index is 0.000369. The van der Waals surface area contributed by atoms with Crippen molar-refractivity contribution in [2.75, 3.05) is 6.54 Å². The maximum Gasteiger partial charge on any atom is 0.280 e. The molecule has 0 radical (unpaired) electrons. The number of hydrogen-bond acceptors (Lipinski definition) is 3. The Balaban J connectivity index is 2.87. The van der Waals surface area contributed by atoms with Gasteiger partial charge in [0.2, 0.25) is 0 Å². The van der Waals surface area contributed by atoms with E-state index in [0.29, 0.717) is 6.54 Å². The van der Waals surface area contributed by atoms with E-state index in [0.717, 1.165) is 6.20 Å². The first-order valence-electron chi connectivity index (χ1n) is 7.34. The molecular formula is C15H25F2N3O2. The molecular weight excluding hydrogens is 292 g/mol. The maximum absolute atomic E-state index is 13.2. The molecule has 1 atom stereocenters. The van der Waals surface area contributed by atoms with Crippen LogP contribution < -0.4 is 5.32 Å². The number of amides is 1. The quantitative estimate of drug-likeness (QED) is 0.847. The fourth-order valence-corrected chi connectivity index (χ4v) is 1.88. The van der Waals surface area contributed by atoms with Crippen LogP contribution in [0.25, 0.3) is 0 Å². The molecule has 0 saturated heterocycles. The van der Waals surface area contributed by atoms with Gasteiger partial charge in [-0.1, -0.05) is 34.6 Å². The van der Waals surface area contributed by atoms with Crippen LogP contribution in [-0.4, -0.2) is 33.4 Å². The molecule has 0 aliphatic carbocycles. The molecule has 0 spiro atoms. The number of nitrogens with zero attached hydrogens (tertiary/aromatic N) is 2. The van der Waals surface area contributed by atoms with E-state index < -0.39 is 23.9 Å². The van der Waals surface area contributed by atoms with E-state index in [2.05, 4.69) is 10.4 Å². The van der Waals surface area contributed by atoms with Crippen LogP contribution in [0.15, 0.2) is 6.20 Å². The van der Waals surface area contributed by atoms with E-state index in [-0.39, 0.29) is 23.7 Å². The summed E-state index contributed by atoms with van der Waals surface area (Å²) < 4.78 is 27.6. The minimum atomic E-state index is -2.78. The van der Waals surface area contributed by atoms with E-state index >= 15 is 0 Å². The maximum atomic E-state index is 13.2. The van der Waals surface area contributed by atoms with Gasteiger partial charge in [-0.2, -0.15) is 5.10 Å². The second-order valence-electron chi connectivity index (χ2n) is 6.91. The Kier molecular flexibility index (Phi) is 6.05. The largest absolute Gasteiger partial charge is 0.391 e. The van der Waals surface area contributed by atoms with Gasteiger partial charge in [0, 0.05) is 13.1 Å². The van der Waals surface area contributed by atoms with E-state index in [1.807, 2.05) is 34.6 Å². The number of alkyl halides is 2. The predicted molar refractivity (Wildman–Crippen MR) is 79.8 cm³/mol. The molecule has 2 N–H and O–H groups in total. The summed E-state index contributed by atoms with van der Waals surface area (Å²) in [6.45, 7) is 9.57. The van der Waals surface area contributed by atoms with Gasteiger partial charge in [-0.3, -0.25) is 9.48 Å². The first kappa shape index (κ1) is 18.5. The molecule has 0 aromatic carbocycles. The number of aliphatic hydroxyl groups excluding tert-OH is 1. The van der Waals surface area contributed by atoms with Crippen molar-refractivity contribution in [1.29, 1.82) is 0 Å². The molecule has 1 heterocycles. The molecule has 1 unspecified atom stereocenters. The molecule has 0 bridgehead atoms. The monoisotopic (exact) mass is 317 g/mol. The highest BCUT2D eigenvalue weighted by Crippen LogP contribution is 2.24.